The van der Waals surface area contributed by atoms with Crippen LogP contribution in [0.5, 0.6) is 0 Å². The fourth-order valence-electron chi connectivity index (χ4n) is 5.68. The lowest BCUT2D eigenvalue weighted by Crippen LogP contribution is -2.30. The zero-order chi connectivity index (χ0) is 26.4. The highest BCUT2D eigenvalue weighted by Crippen LogP contribution is 2.57. The van der Waals surface area contributed by atoms with Crippen molar-refractivity contribution in [1.29, 1.82) is 0 Å². The molecule has 0 unspecified atom stereocenters. The number of fused-ring (bicyclic) bond motifs is 7. The van der Waals surface area contributed by atoms with Gasteiger partial charge >= 0.3 is 0 Å². The van der Waals surface area contributed by atoms with E-state index >= 15 is 0 Å². The second-order valence-corrected chi connectivity index (χ2v) is 9.40. The van der Waals surface area contributed by atoms with Crippen molar-refractivity contribution in [3.05, 3.63) is 166 Å². The van der Waals surface area contributed by atoms with Gasteiger partial charge in [0.05, 0.1) is 5.41 Å². The summed E-state index contributed by atoms with van der Waals surface area (Å²) in [5.41, 5.74) is 12.2. The molecule has 0 aromatic heterocycles. The summed E-state index contributed by atoms with van der Waals surface area (Å²) < 4.78 is 0. The van der Waals surface area contributed by atoms with Crippen LogP contribution < -0.4 is 0 Å². The van der Waals surface area contributed by atoms with Gasteiger partial charge in [-0.15, -0.1) is 0 Å². The maximum atomic E-state index is 4.78. The third-order valence-electron chi connectivity index (χ3n) is 7.25. The van der Waals surface area contributed by atoms with Gasteiger partial charge in [0.2, 0.25) is 0 Å². The summed E-state index contributed by atoms with van der Waals surface area (Å²) in [6.07, 6.45) is 18.4. The third kappa shape index (κ3) is 4.65. The molecule has 0 amide bonds. The monoisotopic (exact) mass is 482 g/mol. The van der Waals surface area contributed by atoms with E-state index in [0.29, 0.717) is 0 Å². The van der Waals surface area contributed by atoms with Gasteiger partial charge < -0.3 is 0 Å². The van der Waals surface area contributed by atoms with Crippen molar-refractivity contribution in [2.75, 3.05) is 0 Å². The summed E-state index contributed by atoms with van der Waals surface area (Å²) >= 11 is 0. The molecule has 0 bridgehead atoms. The van der Waals surface area contributed by atoms with Crippen molar-refractivity contribution in [2.24, 2.45) is 0 Å². The summed E-state index contributed by atoms with van der Waals surface area (Å²) in [4.78, 5) is 0. The zero-order valence-electron chi connectivity index (χ0n) is 22.9. The second-order valence-electron chi connectivity index (χ2n) is 9.40. The Bertz CT molecular complexity index is 1400. The normalized spacial score (nSPS) is 18.1. The highest BCUT2D eigenvalue weighted by Gasteiger charge is 2.47. The molecule has 5 rings (SSSR count). The summed E-state index contributed by atoms with van der Waals surface area (Å²) in [5.74, 6) is 0. The Morgan fingerprint density at radius 2 is 1.49 bits per heavy atom. The number of aryl methyl sites for hydroxylation is 1. The van der Waals surface area contributed by atoms with E-state index in [0.717, 1.165) is 17.6 Å². The van der Waals surface area contributed by atoms with E-state index in [-0.39, 0.29) is 0 Å². The van der Waals surface area contributed by atoms with Gasteiger partial charge in [-0.05, 0) is 77.3 Å². The van der Waals surface area contributed by atoms with Crippen molar-refractivity contribution in [3.8, 4) is 11.1 Å². The van der Waals surface area contributed by atoms with Gasteiger partial charge in [-0.1, -0.05) is 141 Å². The molecule has 0 aliphatic heterocycles. The average Bonchev–Trinajstić information content (AvgIpc) is 3.25. The summed E-state index contributed by atoms with van der Waals surface area (Å²) in [6, 6.07) is 24.7. The van der Waals surface area contributed by atoms with E-state index in [2.05, 4.69) is 136 Å². The minimum absolute atomic E-state index is 0.424. The fourth-order valence-corrected chi connectivity index (χ4v) is 5.68. The molecule has 0 radical (unpaired) electrons. The Balaban J connectivity index is 0.00000156. The Labute approximate surface area is 223 Å². The quantitative estimate of drug-likeness (QED) is 0.326. The second kappa shape index (κ2) is 11.4. The number of allylic oxidation sites excluding steroid dienone is 11. The third-order valence-corrected chi connectivity index (χ3v) is 7.25. The van der Waals surface area contributed by atoms with Crippen molar-refractivity contribution in [2.45, 2.75) is 46.5 Å². The first kappa shape index (κ1) is 26.2. The van der Waals surface area contributed by atoms with E-state index in [1.165, 1.54) is 44.5 Å². The van der Waals surface area contributed by atoms with Crippen LogP contribution >= 0.6 is 0 Å². The standard InChI is InChI=1S/C35H32.C2H6/c1-5-12-27(6-2)20-21-28-13-11-14-29-22-19-25(3)23-34(29)35(26(4)24-28)32-17-9-7-15-30(32)31-16-8-10-18-33(31)35;1-2/h5-13,15-24H,4,14H2,1-3H3;1-2H3/b12-5-,13-11-,21-20+,27-6+,28-24+;. The first-order valence-electron chi connectivity index (χ1n) is 13.4. The minimum Gasteiger partial charge on any atom is -0.0942 e. The molecule has 37 heavy (non-hydrogen) atoms. The molecule has 186 valence electrons. The van der Waals surface area contributed by atoms with E-state index in [9.17, 15) is 0 Å². The van der Waals surface area contributed by atoms with Crippen LogP contribution in [0.3, 0.4) is 0 Å². The van der Waals surface area contributed by atoms with Crippen LogP contribution in [-0.4, -0.2) is 0 Å². The van der Waals surface area contributed by atoms with Crippen molar-refractivity contribution < 1.29 is 0 Å². The van der Waals surface area contributed by atoms with Crippen LogP contribution in [0.2, 0.25) is 0 Å². The topological polar surface area (TPSA) is 0 Å². The maximum absolute atomic E-state index is 4.78. The predicted octanol–water partition coefficient (Wildman–Crippen LogP) is 10.0. The van der Waals surface area contributed by atoms with Crippen LogP contribution in [0.1, 0.15) is 55.5 Å². The van der Waals surface area contributed by atoms with Gasteiger partial charge in [0, 0.05) is 0 Å². The largest absolute Gasteiger partial charge is 0.0942 e. The van der Waals surface area contributed by atoms with Crippen molar-refractivity contribution in [3.63, 3.8) is 0 Å². The Morgan fingerprint density at radius 1 is 0.838 bits per heavy atom. The van der Waals surface area contributed by atoms with Gasteiger partial charge in [0.15, 0.2) is 0 Å². The first-order chi connectivity index (χ1) is 18.1. The van der Waals surface area contributed by atoms with Crippen LogP contribution in [0.4, 0.5) is 0 Å². The van der Waals surface area contributed by atoms with Crippen LogP contribution in [0, 0.1) is 6.92 Å². The molecule has 0 saturated heterocycles. The molecule has 3 aromatic rings. The summed E-state index contributed by atoms with van der Waals surface area (Å²) in [7, 11) is 0. The van der Waals surface area contributed by atoms with Gasteiger partial charge in [-0.3, -0.25) is 0 Å². The van der Waals surface area contributed by atoms with Crippen molar-refractivity contribution >= 4 is 0 Å². The Kier molecular flexibility index (Phi) is 8.09. The lowest BCUT2D eigenvalue weighted by Gasteiger charge is -2.36. The fraction of sp³-hybridized carbons (Fsp3) is 0.189. The molecule has 1 spiro atoms. The smallest absolute Gasteiger partial charge is 0.0710 e. The van der Waals surface area contributed by atoms with Crippen molar-refractivity contribution in [1.82, 2.24) is 0 Å². The molecule has 0 atom stereocenters. The molecule has 0 nitrogen and oxygen atoms in total. The first-order valence-corrected chi connectivity index (χ1v) is 13.4. The SMILES string of the molecule is C=C1/C=C(/C=C/C(/C=C\C)=C/C)\C=C/Cc2ccc(C)cc2C12c1ccccc1-c1ccccc12.CC. The molecule has 3 aromatic carbocycles. The summed E-state index contributed by atoms with van der Waals surface area (Å²) in [5, 5.41) is 0. The van der Waals surface area contributed by atoms with Gasteiger partial charge in [0.25, 0.3) is 0 Å². The van der Waals surface area contributed by atoms with Crippen LogP contribution in [0.25, 0.3) is 11.1 Å². The molecule has 2 aliphatic carbocycles. The van der Waals surface area contributed by atoms with E-state index < -0.39 is 5.41 Å². The predicted molar refractivity (Wildman–Crippen MR) is 162 cm³/mol. The number of rotatable bonds is 3. The molecular weight excluding hydrogens is 444 g/mol. The number of hydrogen-bond acceptors (Lipinski definition) is 0. The van der Waals surface area contributed by atoms with Gasteiger partial charge in [-0.2, -0.15) is 0 Å². The van der Waals surface area contributed by atoms with Gasteiger partial charge in [-0.25, -0.2) is 0 Å². The lowest BCUT2D eigenvalue weighted by atomic mass is 9.65. The average molecular weight is 483 g/mol. The zero-order valence-corrected chi connectivity index (χ0v) is 22.9. The molecule has 0 heterocycles. The van der Waals surface area contributed by atoms with Crippen LogP contribution in [-0.2, 0) is 11.8 Å². The van der Waals surface area contributed by atoms with E-state index in [1.54, 1.807) is 0 Å². The lowest BCUT2D eigenvalue weighted by molar-refractivity contribution is 0.758. The van der Waals surface area contributed by atoms with E-state index in [1.807, 2.05) is 13.8 Å². The van der Waals surface area contributed by atoms with E-state index in [4.69, 9.17) is 6.58 Å². The maximum Gasteiger partial charge on any atom is 0.0710 e. The minimum atomic E-state index is -0.424. The van der Waals surface area contributed by atoms with Crippen LogP contribution in [0.15, 0.2) is 139 Å². The van der Waals surface area contributed by atoms with Gasteiger partial charge in [0.1, 0.15) is 0 Å². The molecule has 0 fully saturated rings. The summed E-state index contributed by atoms with van der Waals surface area (Å²) in [6.45, 7) is 15.1. The Morgan fingerprint density at radius 3 is 2.11 bits per heavy atom. The molecule has 0 heteroatoms. The molecule has 0 N–H and O–H groups in total. The number of hydrogen-bond donors (Lipinski definition) is 0. The molecule has 0 saturated carbocycles. The molecule has 2 aliphatic rings. The highest BCUT2D eigenvalue weighted by atomic mass is 14.5. The Hall–Kier alpha value is -3.90. The molecular formula is C37H38. The number of benzene rings is 3. The highest BCUT2D eigenvalue weighted by molar-refractivity contribution is 5.87.